The molecule has 2 aromatic carbocycles. The van der Waals surface area contributed by atoms with Crippen LogP contribution in [0.5, 0.6) is 0 Å². The number of hydrogen-bond acceptors (Lipinski definition) is 12. The summed E-state index contributed by atoms with van der Waals surface area (Å²) in [5.41, 5.74) is 2.44. The van der Waals surface area contributed by atoms with Crippen LogP contribution in [0.25, 0.3) is 22.5 Å². The predicted molar refractivity (Wildman–Crippen MR) is 289 cm³/mol. The van der Waals surface area contributed by atoms with E-state index in [9.17, 15) is 28.8 Å². The van der Waals surface area contributed by atoms with Crippen molar-refractivity contribution in [3.63, 3.8) is 0 Å². The van der Waals surface area contributed by atoms with Crippen molar-refractivity contribution in [1.29, 1.82) is 0 Å². The first-order valence-electron chi connectivity index (χ1n) is 25.8. The summed E-state index contributed by atoms with van der Waals surface area (Å²) in [6.07, 6.45) is 5.56. The number of likely N-dealkylation sites (N-methyl/N-ethyl adjacent to an activating group) is 2. The highest BCUT2D eigenvalue weighted by atomic mass is 32.1. The van der Waals surface area contributed by atoms with Crippen LogP contribution in [0.15, 0.2) is 71.4 Å². The first-order chi connectivity index (χ1) is 34.7. The number of likely N-dealkylation sites (tertiary alicyclic amines) is 2. The summed E-state index contributed by atoms with van der Waals surface area (Å²) in [6.45, 7) is 15.7. The highest BCUT2D eigenvalue weighted by Gasteiger charge is 2.46. The van der Waals surface area contributed by atoms with Gasteiger partial charge in [0.1, 0.15) is 22.1 Å². The number of unbranched alkanes of at least 4 members (excludes halogenated alkanes) is 4. The molecule has 6 rings (SSSR count). The Labute approximate surface area is 440 Å². The smallest absolute Gasteiger partial charge is 0.246 e. The van der Waals surface area contributed by atoms with Crippen LogP contribution < -0.4 is 31.9 Å². The maximum atomic E-state index is 14.5. The van der Waals surface area contributed by atoms with Gasteiger partial charge in [0.05, 0.1) is 35.6 Å². The van der Waals surface area contributed by atoms with E-state index in [1.54, 1.807) is 37.7 Å². The second kappa shape index (κ2) is 25.6. The molecule has 0 saturated carbocycles. The van der Waals surface area contributed by atoms with Crippen LogP contribution in [0.3, 0.4) is 0 Å². The number of nitrogens with zero attached hydrogens (tertiary/aromatic N) is 4. The molecule has 0 bridgehead atoms. The van der Waals surface area contributed by atoms with Gasteiger partial charge in [-0.3, -0.25) is 28.8 Å². The number of carbonyl (C=O) groups is 6. The van der Waals surface area contributed by atoms with Crippen LogP contribution in [0.4, 0.5) is 0 Å². The Morgan fingerprint density at radius 2 is 0.932 bits per heavy atom. The van der Waals surface area contributed by atoms with Gasteiger partial charge >= 0.3 is 0 Å². The number of carbonyl (C=O) groups excluding carboxylic acids is 6. The van der Waals surface area contributed by atoms with E-state index in [2.05, 4.69) is 31.9 Å². The van der Waals surface area contributed by atoms with E-state index >= 15 is 0 Å². The second-order valence-electron chi connectivity index (χ2n) is 21.8. The number of thiazole rings is 2. The fraction of sp³-hybridized carbons (Fsp3) is 0.564. The molecule has 2 aromatic heterocycles. The van der Waals surface area contributed by atoms with Crippen molar-refractivity contribution in [2.75, 3.05) is 27.2 Å². The molecule has 396 valence electrons. The van der Waals surface area contributed by atoms with Crippen LogP contribution in [-0.4, -0.2) is 119 Å². The van der Waals surface area contributed by atoms with E-state index in [4.69, 9.17) is 9.97 Å². The van der Waals surface area contributed by atoms with Crippen molar-refractivity contribution < 1.29 is 28.8 Å². The van der Waals surface area contributed by atoms with Crippen LogP contribution in [0, 0.1) is 10.8 Å². The first-order valence-corrected chi connectivity index (χ1v) is 27.6. The molecule has 4 heterocycles. The molecule has 8 atom stereocenters. The molecule has 6 N–H and O–H groups in total. The molecular formula is C55H78N10O6S2. The third-order valence-electron chi connectivity index (χ3n) is 13.9. The van der Waals surface area contributed by atoms with E-state index in [1.165, 1.54) is 22.7 Å². The quantitative estimate of drug-likeness (QED) is 0.0438. The van der Waals surface area contributed by atoms with Gasteiger partial charge in [-0.2, -0.15) is 0 Å². The normalized spacial score (nSPS) is 19.7. The summed E-state index contributed by atoms with van der Waals surface area (Å²) < 4.78 is 0. The monoisotopic (exact) mass is 1040 g/mol. The Balaban J connectivity index is 1.00. The molecule has 2 fully saturated rings. The van der Waals surface area contributed by atoms with Gasteiger partial charge in [-0.05, 0) is 64.5 Å². The Hall–Kier alpha value is -5.56. The maximum absolute atomic E-state index is 14.5. The molecule has 16 nitrogen and oxygen atoms in total. The standard InChI is InChI=1S/C55H78N10O6S2/c1-34(56-9)48(68)62-46(54(3,4)5)52(70)64-30-38(28-42(64)50-60-40(32-72-50)36-22-16-14-17-23-36)58-44(66)26-20-12-11-13-21-27-45(67)59-39-29-43(51-61-41(33-73-51)37-24-18-15-19-25-37)65(31-39)53(71)47(55(6,7)8)63-49(69)35(2)57-10/h14-19,22-25,32-35,38-39,42-43,46-47,56-57H,11-13,20-21,26-31H2,1-10H3,(H,58,66)(H,59,67)(H,62,68)(H,63,69)/t34-,35-,38-,39-,42-,43-,46+,47+/m0/s1. The lowest BCUT2D eigenvalue weighted by atomic mass is 9.85. The zero-order chi connectivity index (χ0) is 53.0. The number of rotatable bonds is 22. The number of aromatic nitrogens is 2. The average Bonchev–Trinajstić information content (AvgIpc) is 4.20. The molecule has 18 heteroatoms. The minimum absolute atomic E-state index is 0.0785. The summed E-state index contributed by atoms with van der Waals surface area (Å²) in [7, 11) is 3.41. The van der Waals surface area contributed by atoms with Crippen molar-refractivity contribution in [2.24, 2.45) is 10.8 Å². The molecule has 2 saturated heterocycles. The molecule has 6 amide bonds. The SMILES string of the molecule is CN[C@@H](C)C(=O)N[C@H](C(=O)N1C[C@@H](NC(=O)CCCCCCCC(=O)N[C@H]2C[C@@H](c3nc(-c4ccccc4)cs3)N(C(=O)[C@@H](NC(=O)[C@H](C)NC)C(C)(C)C)C2)C[C@H]1c1nc(-c2ccccc2)cs1)C(C)(C)C. The van der Waals surface area contributed by atoms with Crippen molar-refractivity contribution in [3.8, 4) is 22.5 Å². The molecule has 73 heavy (non-hydrogen) atoms. The van der Waals surface area contributed by atoms with Gasteiger partial charge < -0.3 is 41.7 Å². The summed E-state index contributed by atoms with van der Waals surface area (Å²) in [5.74, 6) is -1.10. The first kappa shape index (κ1) is 56.7. The van der Waals surface area contributed by atoms with Crippen molar-refractivity contribution in [2.45, 2.75) is 162 Å². The summed E-state index contributed by atoms with van der Waals surface area (Å²) in [4.78, 5) is 95.6. The Morgan fingerprint density at radius 1 is 0.575 bits per heavy atom. The molecule has 0 aliphatic carbocycles. The minimum atomic E-state index is -0.799. The zero-order valence-corrected chi connectivity index (χ0v) is 46.0. The number of benzene rings is 2. The topological polar surface area (TPSA) is 207 Å². The number of nitrogens with one attached hydrogen (secondary N) is 6. The van der Waals surface area contributed by atoms with Crippen LogP contribution >= 0.6 is 22.7 Å². The zero-order valence-electron chi connectivity index (χ0n) is 44.4. The number of hydrogen-bond donors (Lipinski definition) is 6. The summed E-state index contributed by atoms with van der Waals surface area (Å²) in [6, 6.07) is 15.9. The largest absolute Gasteiger partial charge is 0.351 e. The molecule has 0 unspecified atom stereocenters. The predicted octanol–water partition coefficient (Wildman–Crippen LogP) is 7.16. The van der Waals surface area contributed by atoms with Gasteiger partial charge in [0, 0.05) is 59.9 Å². The molecule has 2 aliphatic heterocycles. The fourth-order valence-electron chi connectivity index (χ4n) is 9.33. The van der Waals surface area contributed by atoms with Crippen LogP contribution in [0.2, 0.25) is 0 Å². The molecule has 0 spiro atoms. The Morgan fingerprint density at radius 3 is 1.27 bits per heavy atom. The van der Waals surface area contributed by atoms with E-state index in [0.29, 0.717) is 51.6 Å². The van der Waals surface area contributed by atoms with Gasteiger partial charge in [-0.25, -0.2) is 9.97 Å². The third-order valence-corrected chi connectivity index (χ3v) is 15.8. The molecular weight excluding hydrogens is 961 g/mol. The van der Waals surface area contributed by atoms with Gasteiger partial charge in [-0.15, -0.1) is 22.7 Å². The van der Waals surface area contributed by atoms with Crippen LogP contribution in [-0.2, 0) is 28.8 Å². The molecule has 0 radical (unpaired) electrons. The molecule has 2 aliphatic rings. The van der Waals surface area contributed by atoms with E-state index in [-0.39, 0.29) is 59.6 Å². The van der Waals surface area contributed by atoms with Gasteiger partial charge in [0.25, 0.3) is 0 Å². The number of amides is 6. The Bertz CT molecular complexity index is 2320. The second-order valence-corrected chi connectivity index (χ2v) is 23.6. The summed E-state index contributed by atoms with van der Waals surface area (Å²) in [5, 5.41) is 23.9. The van der Waals surface area contributed by atoms with Gasteiger partial charge in [-0.1, -0.05) is 121 Å². The average molecular weight is 1040 g/mol. The van der Waals surface area contributed by atoms with E-state index in [0.717, 1.165) is 51.8 Å². The maximum Gasteiger partial charge on any atom is 0.246 e. The lowest BCUT2D eigenvalue weighted by molar-refractivity contribution is -0.141. The Kier molecular flexibility index (Phi) is 19.9. The van der Waals surface area contributed by atoms with Crippen LogP contribution in [0.1, 0.15) is 135 Å². The van der Waals surface area contributed by atoms with Gasteiger partial charge in [0.15, 0.2) is 0 Å². The highest BCUT2D eigenvalue weighted by molar-refractivity contribution is 7.10. The van der Waals surface area contributed by atoms with Crippen molar-refractivity contribution >= 4 is 58.1 Å². The lowest BCUT2D eigenvalue weighted by Crippen LogP contribution is -2.57. The molecule has 4 aromatic rings. The fourth-order valence-corrected chi connectivity index (χ4v) is 11.2. The van der Waals surface area contributed by atoms with Crippen molar-refractivity contribution in [3.05, 3.63) is 81.4 Å². The minimum Gasteiger partial charge on any atom is -0.351 e. The van der Waals surface area contributed by atoms with E-state index in [1.807, 2.05) is 113 Å². The lowest BCUT2D eigenvalue weighted by Gasteiger charge is -2.36. The van der Waals surface area contributed by atoms with Crippen molar-refractivity contribution in [1.82, 2.24) is 51.7 Å². The van der Waals surface area contributed by atoms with Gasteiger partial charge in [0.2, 0.25) is 35.4 Å². The van der Waals surface area contributed by atoms with E-state index < -0.39 is 35.0 Å². The summed E-state index contributed by atoms with van der Waals surface area (Å²) >= 11 is 2.99. The third kappa shape index (κ3) is 15.3. The highest BCUT2D eigenvalue weighted by Crippen LogP contribution is 2.39.